The van der Waals surface area contributed by atoms with Crippen LogP contribution < -0.4 is 5.32 Å². The summed E-state index contributed by atoms with van der Waals surface area (Å²) < 4.78 is 0. The van der Waals surface area contributed by atoms with Crippen molar-refractivity contribution in [1.29, 1.82) is 0 Å². The quantitative estimate of drug-likeness (QED) is 0.787. The van der Waals surface area contributed by atoms with Crippen molar-refractivity contribution in [2.75, 3.05) is 6.54 Å². The zero-order valence-corrected chi connectivity index (χ0v) is 10.1. The number of carbonyl (C=O) groups excluding carboxylic acids is 1. The molecule has 0 aliphatic carbocycles. The smallest absolute Gasteiger partial charge is 0.264 e. The summed E-state index contributed by atoms with van der Waals surface area (Å²) in [4.78, 5) is 16.4. The lowest BCUT2D eigenvalue weighted by molar-refractivity contribution is -0.115. The zero-order chi connectivity index (χ0) is 12.3. The van der Waals surface area contributed by atoms with Gasteiger partial charge in [0, 0.05) is 6.54 Å². The van der Waals surface area contributed by atoms with Gasteiger partial charge in [-0.2, -0.15) is 0 Å². The third kappa shape index (κ3) is 2.88. The Morgan fingerprint density at radius 1 is 1.41 bits per heavy atom. The topological polar surface area (TPSA) is 61.7 Å². The van der Waals surface area contributed by atoms with Gasteiger partial charge in [-0.15, -0.1) is 0 Å². The molecule has 0 bridgehead atoms. The van der Waals surface area contributed by atoms with Crippen LogP contribution in [0.5, 0.6) is 5.75 Å². The van der Waals surface area contributed by atoms with Crippen molar-refractivity contribution in [3.63, 3.8) is 0 Å². The van der Waals surface area contributed by atoms with E-state index in [-0.39, 0.29) is 11.7 Å². The number of rotatable bonds is 2. The minimum Gasteiger partial charge on any atom is -0.508 e. The van der Waals surface area contributed by atoms with Crippen LogP contribution in [-0.2, 0) is 4.79 Å². The Balaban J connectivity index is 2.20. The van der Waals surface area contributed by atoms with Gasteiger partial charge in [0.2, 0.25) is 0 Å². The SMILES string of the molecule is CCN=C1NC(=O)/C(=C/c2ccc(O)cc2)S1. The van der Waals surface area contributed by atoms with Crippen LogP contribution in [-0.4, -0.2) is 22.7 Å². The Morgan fingerprint density at radius 2 is 2.12 bits per heavy atom. The second-order valence-electron chi connectivity index (χ2n) is 3.44. The standard InChI is InChI=1S/C12H12N2O2S/c1-2-13-12-14-11(16)10(17-12)7-8-3-5-9(15)6-4-8/h3-7,15H,2H2,1H3,(H,13,14,16)/b10-7-. The molecule has 17 heavy (non-hydrogen) atoms. The highest BCUT2D eigenvalue weighted by molar-refractivity contribution is 8.18. The molecule has 2 N–H and O–H groups in total. The first-order chi connectivity index (χ1) is 8.19. The molecule has 1 heterocycles. The lowest BCUT2D eigenvalue weighted by Gasteiger charge is -1.95. The van der Waals surface area contributed by atoms with E-state index >= 15 is 0 Å². The number of aromatic hydroxyl groups is 1. The maximum atomic E-state index is 11.6. The monoisotopic (exact) mass is 248 g/mol. The van der Waals surface area contributed by atoms with Crippen molar-refractivity contribution < 1.29 is 9.90 Å². The molecule has 2 rings (SSSR count). The van der Waals surface area contributed by atoms with Crippen LogP contribution >= 0.6 is 11.8 Å². The van der Waals surface area contributed by atoms with Gasteiger partial charge in [-0.05, 0) is 42.5 Å². The van der Waals surface area contributed by atoms with Gasteiger partial charge in [0.15, 0.2) is 5.17 Å². The second kappa shape index (κ2) is 5.05. The number of hydrogen-bond donors (Lipinski definition) is 2. The molecule has 1 amide bonds. The van der Waals surface area contributed by atoms with E-state index in [1.54, 1.807) is 30.3 Å². The molecule has 0 saturated carbocycles. The molecule has 88 valence electrons. The van der Waals surface area contributed by atoms with Gasteiger partial charge in [-0.1, -0.05) is 12.1 Å². The molecule has 4 nitrogen and oxygen atoms in total. The van der Waals surface area contributed by atoms with E-state index in [2.05, 4.69) is 10.3 Å². The van der Waals surface area contributed by atoms with Crippen LogP contribution in [0.1, 0.15) is 12.5 Å². The van der Waals surface area contributed by atoms with E-state index in [0.29, 0.717) is 16.6 Å². The number of carbonyl (C=O) groups is 1. The minimum atomic E-state index is -0.129. The summed E-state index contributed by atoms with van der Waals surface area (Å²) in [5, 5.41) is 12.5. The maximum Gasteiger partial charge on any atom is 0.264 e. The van der Waals surface area contributed by atoms with E-state index < -0.39 is 0 Å². The third-order valence-electron chi connectivity index (χ3n) is 2.14. The van der Waals surface area contributed by atoms with Crippen LogP contribution in [0.15, 0.2) is 34.2 Å². The van der Waals surface area contributed by atoms with Crippen LogP contribution in [0, 0.1) is 0 Å². The molecular weight excluding hydrogens is 236 g/mol. The molecule has 0 unspecified atom stereocenters. The molecule has 1 aliphatic heterocycles. The summed E-state index contributed by atoms with van der Waals surface area (Å²) >= 11 is 1.33. The summed E-state index contributed by atoms with van der Waals surface area (Å²) in [6, 6.07) is 6.69. The molecule has 0 radical (unpaired) electrons. The number of phenols is 1. The number of hydrogen-bond acceptors (Lipinski definition) is 4. The third-order valence-corrected chi connectivity index (χ3v) is 3.09. The van der Waals surface area contributed by atoms with E-state index in [9.17, 15) is 4.79 Å². The highest BCUT2D eigenvalue weighted by Crippen LogP contribution is 2.26. The number of amides is 1. The molecule has 0 spiro atoms. The van der Waals surface area contributed by atoms with Gasteiger partial charge in [-0.25, -0.2) is 0 Å². The Labute approximate surface area is 103 Å². The Kier molecular flexibility index (Phi) is 3.49. The fourth-order valence-electron chi connectivity index (χ4n) is 1.37. The second-order valence-corrected chi connectivity index (χ2v) is 4.47. The highest BCUT2D eigenvalue weighted by Gasteiger charge is 2.23. The Bertz CT molecular complexity index is 492. The predicted octanol–water partition coefficient (Wildman–Crippen LogP) is 1.97. The Hall–Kier alpha value is -1.75. The van der Waals surface area contributed by atoms with Crippen molar-refractivity contribution in [3.05, 3.63) is 34.7 Å². The number of nitrogens with one attached hydrogen (secondary N) is 1. The molecule has 1 fully saturated rings. The fourth-order valence-corrected chi connectivity index (χ4v) is 2.25. The molecule has 0 aromatic heterocycles. The maximum absolute atomic E-state index is 11.6. The lowest BCUT2D eigenvalue weighted by atomic mass is 10.2. The first kappa shape index (κ1) is 11.7. The number of amidine groups is 1. The number of benzene rings is 1. The molecular formula is C12H12N2O2S. The average molecular weight is 248 g/mol. The van der Waals surface area contributed by atoms with E-state index in [0.717, 1.165) is 5.56 Å². The molecule has 5 heteroatoms. The van der Waals surface area contributed by atoms with Gasteiger partial charge in [0.1, 0.15) is 5.75 Å². The highest BCUT2D eigenvalue weighted by atomic mass is 32.2. The Morgan fingerprint density at radius 3 is 2.76 bits per heavy atom. The minimum absolute atomic E-state index is 0.129. The first-order valence-electron chi connectivity index (χ1n) is 5.23. The normalized spacial score (nSPS) is 19.9. The molecule has 1 aromatic rings. The van der Waals surface area contributed by atoms with Gasteiger partial charge < -0.3 is 10.4 Å². The fraction of sp³-hybridized carbons (Fsp3) is 0.167. The summed E-state index contributed by atoms with van der Waals surface area (Å²) in [6.07, 6.45) is 1.78. The van der Waals surface area contributed by atoms with Crippen LogP contribution in [0.3, 0.4) is 0 Å². The number of nitrogens with zero attached hydrogens (tertiary/aromatic N) is 1. The summed E-state index contributed by atoms with van der Waals surface area (Å²) in [5.74, 6) is 0.0826. The van der Waals surface area contributed by atoms with Gasteiger partial charge in [0.25, 0.3) is 5.91 Å². The lowest BCUT2D eigenvalue weighted by Crippen LogP contribution is -2.19. The molecule has 1 aromatic carbocycles. The first-order valence-corrected chi connectivity index (χ1v) is 6.05. The molecule has 1 aliphatic rings. The van der Waals surface area contributed by atoms with Crippen LogP contribution in [0.25, 0.3) is 6.08 Å². The largest absolute Gasteiger partial charge is 0.508 e. The number of aliphatic imine (C=N–C) groups is 1. The van der Waals surface area contributed by atoms with E-state index in [1.807, 2.05) is 6.92 Å². The molecule has 1 saturated heterocycles. The summed E-state index contributed by atoms with van der Waals surface area (Å²) in [5.41, 5.74) is 0.873. The summed E-state index contributed by atoms with van der Waals surface area (Å²) in [7, 11) is 0. The summed E-state index contributed by atoms with van der Waals surface area (Å²) in [6.45, 7) is 2.57. The number of phenolic OH excluding ortho intramolecular Hbond substituents is 1. The van der Waals surface area contributed by atoms with Crippen molar-refractivity contribution >= 4 is 28.9 Å². The number of thioether (sulfide) groups is 1. The van der Waals surface area contributed by atoms with Crippen LogP contribution in [0.2, 0.25) is 0 Å². The van der Waals surface area contributed by atoms with E-state index in [4.69, 9.17) is 5.11 Å². The van der Waals surface area contributed by atoms with Crippen molar-refractivity contribution in [3.8, 4) is 5.75 Å². The van der Waals surface area contributed by atoms with Gasteiger partial charge in [0.05, 0.1) is 4.91 Å². The predicted molar refractivity (Wildman–Crippen MR) is 69.8 cm³/mol. The van der Waals surface area contributed by atoms with Gasteiger partial charge >= 0.3 is 0 Å². The van der Waals surface area contributed by atoms with Crippen LogP contribution in [0.4, 0.5) is 0 Å². The van der Waals surface area contributed by atoms with Crippen molar-refractivity contribution in [1.82, 2.24) is 5.32 Å². The van der Waals surface area contributed by atoms with Gasteiger partial charge in [-0.3, -0.25) is 9.79 Å². The average Bonchev–Trinajstić information content (AvgIpc) is 2.63. The van der Waals surface area contributed by atoms with Crippen molar-refractivity contribution in [2.45, 2.75) is 6.92 Å². The van der Waals surface area contributed by atoms with Crippen molar-refractivity contribution in [2.24, 2.45) is 4.99 Å². The van der Waals surface area contributed by atoms with E-state index in [1.165, 1.54) is 11.8 Å². The zero-order valence-electron chi connectivity index (χ0n) is 9.30. The molecule has 0 atom stereocenters.